The number of hydrogen-bond acceptors (Lipinski definition) is 1. The van der Waals surface area contributed by atoms with Gasteiger partial charge in [0.2, 0.25) is 0 Å². The predicted molar refractivity (Wildman–Crippen MR) is 54.7 cm³/mol. The topological polar surface area (TPSA) is 12.0 Å². The van der Waals surface area contributed by atoms with Crippen LogP contribution in [0.2, 0.25) is 0 Å². The fourth-order valence-electron chi connectivity index (χ4n) is 2.27. The van der Waals surface area contributed by atoms with Gasteiger partial charge in [-0.15, -0.1) is 0 Å². The zero-order chi connectivity index (χ0) is 11.3. The zero-order valence-corrected chi connectivity index (χ0v) is 9.24. The monoisotopic (exact) mass is 223 g/mol. The number of nitrogens with one attached hydrogen (secondary N) is 1. The summed E-state index contributed by atoms with van der Waals surface area (Å²) in [6.45, 7) is 2.23. The molecule has 0 spiro atoms. The second kappa shape index (κ2) is 5.73. The van der Waals surface area contributed by atoms with E-state index in [0.29, 0.717) is 12.0 Å². The van der Waals surface area contributed by atoms with Gasteiger partial charge in [0.05, 0.1) is 6.42 Å². The minimum Gasteiger partial charge on any atom is -0.314 e. The van der Waals surface area contributed by atoms with Gasteiger partial charge in [0.15, 0.2) is 0 Å². The molecule has 4 heteroatoms. The Hall–Kier alpha value is -0.250. The summed E-state index contributed by atoms with van der Waals surface area (Å²) in [4.78, 5) is 0. The van der Waals surface area contributed by atoms with Crippen molar-refractivity contribution in [2.75, 3.05) is 6.54 Å². The molecule has 2 unspecified atom stereocenters. The largest absolute Gasteiger partial charge is 0.390 e. The molecular weight excluding hydrogens is 203 g/mol. The first-order valence-electron chi connectivity index (χ1n) is 5.81. The molecule has 0 radical (unpaired) electrons. The molecule has 1 saturated carbocycles. The van der Waals surface area contributed by atoms with Crippen LogP contribution in [0.15, 0.2) is 0 Å². The molecule has 0 aromatic heterocycles. The van der Waals surface area contributed by atoms with Crippen molar-refractivity contribution in [1.29, 1.82) is 0 Å². The lowest BCUT2D eigenvalue weighted by atomic mass is 9.84. The van der Waals surface area contributed by atoms with E-state index in [1.807, 2.05) is 0 Å². The molecule has 1 aliphatic rings. The van der Waals surface area contributed by atoms with Crippen molar-refractivity contribution in [3.05, 3.63) is 0 Å². The molecule has 2 atom stereocenters. The lowest BCUT2D eigenvalue weighted by molar-refractivity contribution is -0.133. The predicted octanol–water partition coefficient (Wildman–Crippen LogP) is 3.50. The number of rotatable bonds is 4. The van der Waals surface area contributed by atoms with E-state index in [9.17, 15) is 13.2 Å². The Bertz CT molecular complexity index is 179. The Kier molecular flexibility index (Phi) is 4.90. The Balaban J connectivity index is 2.15. The van der Waals surface area contributed by atoms with E-state index in [1.54, 1.807) is 0 Å². The molecule has 1 N–H and O–H groups in total. The molecule has 0 amide bonds. The van der Waals surface area contributed by atoms with Crippen LogP contribution < -0.4 is 5.32 Å². The van der Waals surface area contributed by atoms with Crippen LogP contribution in [-0.4, -0.2) is 18.8 Å². The normalized spacial score (nSPS) is 28.0. The van der Waals surface area contributed by atoms with Crippen molar-refractivity contribution < 1.29 is 13.2 Å². The second-order valence-corrected chi connectivity index (χ2v) is 4.46. The highest BCUT2D eigenvalue weighted by atomic mass is 19.4. The van der Waals surface area contributed by atoms with E-state index < -0.39 is 12.6 Å². The molecule has 90 valence electrons. The highest BCUT2D eigenvalue weighted by Gasteiger charge is 2.27. The average Bonchev–Trinajstić information content (AvgIpc) is 2.16. The Morgan fingerprint density at radius 3 is 2.60 bits per heavy atom. The molecule has 0 bridgehead atoms. The van der Waals surface area contributed by atoms with E-state index in [1.165, 1.54) is 6.42 Å². The quantitative estimate of drug-likeness (QED) is 0.769. The van der Waals surface area contributed by atoms with Crippen molar-refractivity contribution in [1.82, 2.24) is 5.32 Å². The zero-order valence-electron chi connectivity index (χ0n) is 9.24. The fourth-order valence-corrected chi connectivity index (χ4v) is 2.27. The third kappa shape index (κ3) is 5.40. The van der Waals surface area contributed by atoms with Crippen LogP contribution in [0.3, 0.4) is 0 Å². The highest BCUT2D eigenvalue weighted by Crippen LogP contribution is 2.27. The Morgan fingerprint density at radius 1 is 1.27 bits per heavy atom. The Morgan fingerprint density at radius 2 is 2.00 bits per heavy atom. The van der Waals surface area contributed by atoms with Gasteiger partial charge in [-0.1, -0.05) is 26.2 Å². The standard InChI is InChI=1S/C11H20F3N/c1-2-9-4-3-5-10(8-9)15-7-6-11(12,13)14/h9-10,15H,2-8H2,1H3. The van der Waals surface area contributed by atoms with Crippen LogP contribution in [0, 0.1) is 5.92 Å². The van der Waals surface area contributed by atoms with E-state index in [4.69, 9.17) is 0 Å². The summed E-state index contributed by atoms with van der Waals surface area (Å²) in [5, 5.41) is 3.02. The molecule has 1 nitrogen and oxygen atoms in total. The maximum absolute atomic E-state index is 11.9. The molecule has 1 rings (SSSR count). The molecule has 15 heavy (non-hydrogen) atoms. The first-order valence-corrected chi connectivity index (χ1v) is 5.81. The first kappa shape index (κ1) is 12.8. The van der Waals surface area contributed by atoms with Crippen LogP contribution in [0.5, 0.6) is 0 Å². The van der Waals surface area contributed by atoms with Crippen molar-refractivity contribution in [3.8, 4) is 0 Å². The molecule has 0 saturated heterocycles. The minimum atomic E-state index is -4.02. The second-order valence-electron chi connectivity index (χ2n) is 4.46. The lowest BCUT2D eigenvalue weighted by Crippen LogP contribution is -2.36. The fraction of sp³-hybridized carbons (Fsp3) is 1.00. The van der Waals surface area contributed by atoms with E-state index in [2.05, 4.69) is 12.2 Å². The highest BCUT2D eigenvalue weighted by molar-refractivity contribution is 4.77. The molecule has 0 aromatic rings. The maximum Gasteiger partial charge on any atom is 0.390 e. The van der Waals surface area contributed by atoms with Crippen molar-refractivity contribution in [3.63, 3.8) is 0 Å². The van der Waals surface area contributed by atoms with E-state index in [-0.39, 0.29) is 6.54 Å². The first-order chi connectivity index (χ1) is 7.01. The third-order valence-corrected chi connectivity index (χ3v) is 3.20. The van der Waals surface area contributed by atoms with Gasteiger partial charge in [-0.3, -0.25) is 0 Å². The van der Waals surface area contributed by atoms with Gasteiger partial charge in [-0.2, -0.15) is 13.2 Å². The number of alkyl halides is 3. The third-order valence-electron chi connectivity index (χ3n) is 3.20. The minimum absolute atomic E-state index is 0.0740. The van der Waals surface area contributed by atoms with Gasteiger partial charge in [0, 0.05) is 12.6 Å². The van der Waals surface area contributed by atoms with E-state index in [0.717, 1.165) is 25.7 Å². The molecule has 1 aliphatic carbocycles. The van der Waals surface area contributed by atoms with Crippen LogP contribution in [0.1, 0.15) is 45.4 Å². The van der Waals surface area contributed by atoms with Gasteiger partial charge in [-0.05, 0) is 18.8 Å². The summed E-state index contributed by atoms with van der Waals surface area (Å²) in [5.41, 5.74) is 0. The summed E-state index contributed by atoms with van der Waals surface area (Å²) in [6.07, 6.45) is 0.905. The van der Waals surface area contributed by atoms with Gasteiger partial charge in [-0.25, -0.2) is 0 Å². The van der Waals surface area contributed by atoms with Gasteiger partial charge < -0.3 is 5.32 Å². The summed E-state index contributed by atoms with van der Waals surface area (Å²) < 4.78 is 35.7. The average molecular weight is 223 g/mol. The maximum atomic E-state index is 11.9. The van der Waals surface area contributed by atoms with Gasteiger partial charge in [0.25, 0.3) is 0 Å². The molecular formula is C11H20F3N. The van der Waals surface area contributed by atoms with Crippen LogP contribution in [0.4, 0.5) is 13.2 Å². The lowest BCUT2D eigenvalue weighted by Gasteiger charge is -2.29. The van der Waals surface area contributed by atoms with Crippen LogP contribution in [0.25, 0.3) is 0 Å². The van der Waals surface area contributed by atoms with E-state index >= 15 is 0 Å². The van der Waals surface area contributed by atoms with Crippen molar-refractivity contribution in [2.45, 2.75) is 57.7 Å². The molecule has 1 fully saturated rings. The summed E-state index contributed by atoms with van der Waals surface area (Å²) in [7, 11) is 0. The smallest absolute Gasteiger partial charge is 0.314 e. The summed E-state index contributed by atoms with van der Waals surface area (Å²) in [6, 6.07) is 0.311. The van der Waals surface area contributed by atoms with Gasteiger partial charge >= 0.3 is 6.18 Å². The van der Waals surface area contributed by atoms with Crippen molar-refractivity contribution in [2.24, 2.45) is 5.92 Å². The molecule has 0 aliphatic heterocycles. The van der Waals surface area contributed by atoms with Crippen molar-refractivity contribution >= 4 is 0 Å². The van der Waals surface area contributed by atoms with Crippen LogP contribution in [-0.2, 0) is 0 Å². The van der Waals surface area contributed by atoms with Crippen LogP contribution >= 0.6 is 0 Å². The molecule has 0 heterocycles. The summed E-state index contributed by atoms with van der Waals surface area (Å²) in [5.74, 6) is 0.710. The number of halogens is 3. The number of hydrogen-bond donors (Lipinski definition) is 1. The SMILES string of the molecule is CCC1CCCC(NCCC(F)(F)F)C1. The Labute approximate surface area is 89.4 Å². The van der Waals surface area contributed by atoms with Gasteiger partial charge in [0.1, 0.15) is 0 Å². The molecule has 0 aromatic carbocycles. The summed E-state index contributed by atoms with van der Waals surface area (Å²) >= 11 is 0.